The van der Waals surface area contributed by atoms with Crippen molar-refractivity contribution < 1.29 is 19.2 Å². The van der Waals surface area contributed by atoms with Gasteiger partial charge in [-0.15, -0.1) is 0 Å². The first-order valence-corrected chi connectivity index (χ1v) is 10.6. The monoisotopic (exact) mass is 446 g/mol. The van der Waals surface area contributed by atoms with Crippen molar-refractivity contribution in [2.45, 2.75) is 13.2 Å². The number of thioether (sulfide) groups is 1. The molecule has 4 rings (SSSR count). The first-order valence-electron chi connectivity index (χ1n) is 9.75. The summed E-state index contributed by atoms with van der Waals surface area (Å²) in [5.41, 5.74) is 2.26. The van der Waals surface area contributed by atoms with E-state index in [-0.39, 0.29) is 12.2 Å². The maximum Gasteiger partial charge on any atom is 0.293 e. The zero-order valence-corrected chi connectivity index (χ0v) is 17.7. The van der Waals surface area contributed by atoms with Crippen molar-refractivity contribution in [1.82, 2.24) is 4.90 Å². The number of hydrogen-bond acceptors (Lipinski definition) is 6. The standard InChI is InChI=1S/C24H18N2O5S/c27-23-22(32-24(28)25(23)15-19-7-4-8-20(13-19)26(29)30)14-17-9-11-21(12-10-17)31-16-18-5-2-1-3-6-18/h1-14H,15-16H2. The van der Waals surface area contributed by atoms with Gasteiger partial charge in [-0.3, -0.25) is 24.6 Å². The average molecular weight is 446 g/mol. The molecule has 0 radical (unpaired) electrons. The van der Waals surface area contributed by atoms with Gasteiger partial charge in [-0.2, -0.15) is 0 Å². The van der Waals surface area contributed by atoms with Crippen molar-refractivity contribution in [3.63, 3.8) is 0 Å². The molecule has 1 fully saturated rings. The Labute approximate surface area is 188 Å². The molecule has 0 bridgehead atoms. The molecule has 3 aromatic rings. The minimum absolute atomic E-state index is 0.0179. The number of amides is 2. The Bertz CT molecular complexity index is 1190. The molecule has 1 heterocycles. The third-order valence-corrected chi connectivity index (χ3v) is 5.67. The van der Waals surface area contributed by atoms with Crippen LogP contribution in [-0.4, -0.2) is 21.0 Å². The number of carbonyl (C=O) groups is 2. The van der Waals surface area contributed by atoms with Gasteiger partial charge in [0.25, 0.3) is 16.8 Å². The maximum absolute atomic E-state index is 12.7. The van der Waals surface area contributed by atoms with Crippen LogP contribution in [0.1, 0.15) is 16.7 Å². The van der Waals surface area contributed by atoms with Crippen LogP contribution in [0.25, 0.3) is 6.08 Å². The third kappa shape index (κ3) is 5.04. The Morgan fingerprint density at radius 1 is 0.938 bits per heavy atom. The van der Waals surface area contributed by atoms with Crippen molar-refractivity contribution in [3.05, 3.63) is 111 Å². The number of carbonyl (C=O) groups excluding carboxylic acids is 2. The van der Waals surface area contributed by atoms with E-state index in [1.807, 2.05) is 54.6 Å². The third-order valence-electron chi connectivity index (χ3n) is 4.76. The summed E-state index contributed by atoms with van der Waals surface area (Å²) in [6.45, 7) is 0.437. The van der Waals surface area contributed by atoms with Crippen LogP contribution in [0.5, 0.6) is 5.75 Å². The van der Waals surface area contributed by atoms with Crippen molar-refractivity contribution in [2.75, 3.05) is 0 Å². The fourth-order valence-electron chi connectivity index (χ4n) is 3.14. The molecule has 1 aliphatic heterocycles. The van der Waals surface area contributed by atoms with Crippen LogP contribution in [0.2, 0.25) is 0 Å². The maximum atomic E-state index is 12.7. The number of non-ortho nitro benzene ring substituents is 1. The molecule has 0 N–H and O–H groups in total. The predicted octanol–water partition coefficient (Wildman–Crippen LogP) is 5.41. The summed E-state index contributed by atoms with van der Waals surface area (Å²) in [4.78, 5) is 36.9. The van der Waals surface area contributed by atoms with Gasteiger partial charge in [-0.1, -0.05) is 54.6 Å². The van der Waals surface area contributed by atoms with Crippen molar-refractivity contribution in [2.24, 2.45) is 0 Å². The summed E-state index contributed by atoms with van der Waals surface area (Å²) in [7, 11) is 0. The highest BCUT2D eigenvalue weighted by atomic mass is 32.2. The lowest BCUT2D eigenvalue weighted by Gasteiger charge is -2.12. The summed E-state index contributed by atoms with van der Waals surface area (Å²) in [5, 5.41) is 10.5. The molecule has 0 aromatic heterocycles. The van der Waals surface area contributed by atoms with E-state index in [2.05, 4.69) is 0 Å². The number of hydrogen-bond donors (Lipinski definition) is 0. The molecule has 0 aliphatic carbocycles. The Morgan fingerprint density at radius 3 is 2.38 bits per heavy atom. The fraction of sp³-hybridized carbons (Fsp3) is 0.0833. The zero-order valence-electron chi connectivity index (χ0n) is 16.8. The second-order valence-electron chi connectivity index (χ2n) is 7.04. The first-order chi connectivity index (χ1) is 15.5. The van der Waals surface area contributed by atoms with Gasteiger partial charge in [0.1, 0.15) is 12.4 Å². The number of nitro groups is 1. The van der Waals surface area contributed by atoms with Crippen LogP contribution in [0, 0.1) is 10.1 Å². The minimum Gasteiger partial charge on any atom is -0.489 e. The van der Waals surface area contributed by atoms with Crippen molar-refractivity contribution >= 4 is 34.7 Å². The molecule has 1 aliphatic rings. The van der Waals surface area contributed by atoms with Crippen LogP contribution in [0.3, 0.4) is 0 Å². The zero-order chi connectivity index (χ0) is 22.5. The lowest BCUT2D eigenvalue weighted by Crippen LogP contribution is -2.27. The van der Waals surface area contributed by atoms with E-state index in [4.69, 9.17) is 4.74 Å². The topological polar surface area (TPSA) is 89.8 Å². The van der Waals surface area contributed by atoms with Crippen LogP contribution in [0.4, 0.5) is 10.5 Å². The summed E-state index contributed by atoms with van der Waals surface area (Å²) >= 11 is 0.852. The second kappa shape index (κ2) is 9.49. The number of benzene rings is 3. The molecule has 3 aromatic carbocycles. The van der Waals surface area contributed by atoms with Gasteiger partial charge >= 0.3 is 0 Å². The highest BCUT2D eigenvalue weighted by Crippen LogP contribution is 2.33. The van der Waals surface area contributed by atoms with E-state index >= 15 is 0 Å². The molecular formula is C24H18N2O5S. The van der Waals surface area contributed by atoms with E-state index in [1.54, 1.807) is 12.1 Å². The summed E-state index contributed by atoms with van der Waals surface area (Å²) in [5.74, 6) is 0.278. The van der Waals surface area contributed by atoms with E-state index in [0.717, 1.165) is 27.8 Å². The van der Waals surface area contributed by atoms with Crippen molar-refractivity contribution in [1.29, 1.82) is 0 Å². The van der Waals surface area contributed by atoms with Crippen LogP contribution >= 0.6 is 11.8 Å². The van der Waals surface area contributed by atoms with Crippen LogP contribution in [-0.2, 0) is 17.9 Å². The smallest absolute Gasteiger partial charge is 0.293 e. The molecule has 32 heavy (non-hydrogen) atoms. The number of nitrogens with zero attached hydrogens (tertiary/aromatic N) is 2. The van der Waals surface area contributed by atoms with Gasteiger partial charge < -0.3 is 4.74 Å². The minimum atomic E-state index is -0.509. The van der Waals surface area contributed by atoms with Crippen LogP contribution < -0.4 is 4.74 Å². The lowest BCUT2D eigenvalue weighted by atomic mass is 10.2. The normalized spacial score (nSPS) is 14.8. The Balaban J connectivity index is 1.42. The molecule has 7 nitrogen and oxygen atoms in total. The van der Waals surface area contributed by atoms with E-state index in [1.165, 1.54) is 18.2 Å². The molecule has 0 spiro atoms. The van der Waals surface area contributed by atoms with Gasteiger partial charge in [-0.05, 0) is 46.7 Å². The Kier molecular flexibility index (Phi) is 6.32. The largest absolute Gasteiger partial charge is 0.489 e. The number of rotatable bonds is 7. The van der Waals surface area contributed by atoms with Gasteiger partial charge in [-0.25, -0.2) is 0 Å². The molecule has 8 heteroatoms. The van der Waals surface area contributed by atoms with Gasteiger partial charge in [0.05, 0.1) is 16.4 Å². The number of imide groups is 1. The Hall–Kier alpha value is -3.91. The molecule has 0 unspecified atom stereocenters. The van der Waals surface area contributed by atoms with Gasteiger partial charge in [0, 0.05) is 12.1 Å². The number of ether oxygens (including phenoxy) is 1. The molecule has 2 amide bonds. The second-order valence-corrected chi connectivity index (χ2v) is 8.03. The molecule has 0 atom stereocenters. The average Bonchev–Trinajstić information content (AvgIpc) is 3.07. The first kappa shape index (κ1) is 21.3. The Morgan fingerprint density at radius 2 is 1.66 bits per heavy atom. The summed E-state index contributed by atoms with van der Waals surface area (Å²) in [6, 6.07) is 23.0. The molecular weight excluding hydrogens is 428 g/mol. The predicted molar refractivity (Wildman–Crippen MR) is 122 cm³/mol. The highest BCUT2D eigenvalue weighted by Gasteiger charge is 2.35. The lowest BCUT2D eigenvalue weighted by molar-refractivity contribution is -0.384. The number of nitro benzene ring substituents is 1. The molecule has 1 saturated heterocycles. The van der Waals surface area contributed by atoms with Crippen molar-refractivity contribution in [3.8, 4) is 5.75 Å². The molecule has 160 valence electrons. The van der Waals surface area contributed by atoms with Gasteiger partial charge in [0.2, 0.25) is 0 Å². The highest BCUT2D eigenvalue weighted by molar-refractivity contribution is 8.18. The van der Waals surface area contributed by atoms with E-state index in [9.17, 15) is 19.7 Å². The fourth-order valence-corrected chi connectivity index (χ4v) is 3.98. The quantitative estimate of drug-likeness (QED) is 0.274. The van der Waals surface area contributed by atoms with E-state index < -0.39 is 16.1 Å². The van der Waals surface area contributed by atoms with Gasteiger partial charge in [0.15, 0.2) is 0 Å². The summed E-state index contributed by atoms with van der Waals surface area (Å²) < 4.78 is 5.76. The SMILES string of the molecule is O=C1SC(=Cc2ccc(OCc3ccccc3)cc2)C(=O)N1Cc1cccc([N+](=O)[O-])c1. The molecule has 0 saturated carbocycles. The summed E-state index contributed by atoms with van der Waals surface area (Å²) in [6.07, 6.45) is 1.65. The van der Waals surface area contributed by atoms with E-state index in [0.29, 0.717) is 22.8 Å². The van der Waals surface area contributed by atoms with Crippen LogP contribution in [0.15, 0.2) is 83.8 Å².